The second kappa shape index (κ2) is 7.27. The number of nitrogens with one attached hydrogen (secondary N) is 1. The molecule has 0 spiro atoms. The van der Waals surface area contributed by atoms with Crippen molar-refractivity contribution in [2.24, 2.45) is 0 Å². The Morgan fingerprint density at radius 3 is 2.33 bits per heavy atom. The smallest absolute Gasteiger partial charge is 0.129 e. The van der Waals surface area contributed by atoms with E-state index in [4.69, 9.17) is 0 Å². The quantitative estimate of drug-likeness (QED) is 0.883. The summed E-state index contributed by atoms with van der Waals surface area (Å²) in [6, 6.07) is 7.92. The summed E-state index contributed by atoms with van der Waals surface area (Å²) in [7, 11) is 1.80. The number of pyridine rings is 1. The maximum atomic E-state index is 13.7. The van der Waals surface area contributed by atoms with Crippen LogP contribution in [0.15, 0.2) is 36.5 Å². The van der Waals surface area contributed by atoms with Gasteiger partial charge in [-0.05, 0) is 43.7 Å². The van der Waals surface area contributed by atoms with Crippen LogP contribution in [0.2, 0.25) is 0 Å². The van der Waals surface area contributed by atoms with E-state index in [9.17, 15) is 8.78 Å². The zero-order valence-electron chi connectivity index (χ0n) is 12.4. The Labute approximate surface area is 124 Å². The first kappa shape index (κ1) is 15.6. The normalized spacial score (nSPS) is 12.4. The third kappa shape index (κ3) is 4.08. The minimum Gasteiger partial charge on any atom is -0.316 e. The molecule has 0 aliphatic rings. The van der Waals surface area contributed by atoms with Crippen molar-refractivity contribution in [2.45, 2.75) is 32.2 Å². The molecule has 21 heavy (non-hydrogen) atoms. The molecule has 0 bridgehead atoms. The molecule has 0 aliphatic heterocycles. The number of aromatic nitrogens is 1. The Morgan fingerprint density at radius 2 is 1.81 bits per heavy atom. The molecule has 0 fully saturated rings. The van der Waals surface area contributed by atoms with Crippen molar-refractivity contribution in [2.75, 3.05) is 7.05 Å². The van der Waals surface area contributed by atoms with Gasteiger partial charge < -0.3 is 5.32 Å². The van der Waals surface area contributed by atoms with Crippen molar-refractivity contribution >= 4 is 0 Å². The van der Waals surface area contributed by atoms with Crippen molar-refractivity contribution in [3.8, 4) is 0 Å². The molecule has 4 heteroatoms. The molecule has 0 saturated carbocycles. The van der Waals surface area contributed by atoms with Gasteiger partial charge in [0.05, 0.1) is 0 Å². The van der Waals surface area contributed by atoms with E-state index in [0.717, 1.165) is 12.1 Å². The lowest BCUT2D eigenvalue weighted by Gasteiger charge is -2.17. The first-order chi connectivity index (χ1) is 10.1. The summed E-state index contributed by atoms with van der Waals surface area (Å²) in [6.07, 6.45) is 3.73. The lowest BCUT2D eigenvalue weighted by molar-refractivity contribution is 0.499. The summed E-state index contributed by atoms with van der Waals surface area (Å²) < 4.78 is 27.4. The van der Waals surface area contributed by atoms with Gasteiger partial charge in [0.15, 0.2) is 0 Å². The Kier molecular flexibility index (Phi) is 5.39. The van der Waals surface area contributed by atoms with E-state index in [-0.39, 0.29) is 11.6 Å². The monoisotopic (exact) mass is 290 g/mol. The average Bonchev–Trinajstić information content (AvgIpc) is 2.50. The predicted molar refractivity (Wildman–Crippen MR) is 80.2 cm³/mol. The predicted octanol–water partition coefficient (Wildman–Crippen LogP) is 3.30. The van der Waals surface area contributed by atoms with Gasteiger partial charge in [-0.2, -0.15) is 0 Å². The lowest BCUT2D eigenvalue weighted by atomic mass is 10.0. The van der Waals surface area contributed by atoms with Crippen LogP contribution in [0.5, 0.6) is 0 Å². The molecule has 0 amide bonds. The molecule has 2 rings (SSSR count). The number of hydrogen-bond donors (Lipinski definition) is 1. The SMILES string of the molecule is CCc1ccc(CC(Cc2c(F)cccc2F)NC)nc1. The molecule has 1 aromatic heterocycles. The van der Waals surface area contributed by atoms with E-state index < -0.39 is 11.6 Å². The molecule has 0 saturated heterocycles. The number of benzene rings is 1. The molecule has 1 aromatic carbocycles. The summed E-state index contributed by atoms with van der Waals surface area (Å²) in [5.41, 5.74) is 2.23. The van der Waals surface area contributed by atoms with Crippen LogP contribution in [-0.4, -0.2) is 18.1 Å². The third-order valence-electron chi connectivity index (χ3n) is 3.67. The van der Waals surface area contributed by atoms with E-state index in [1.165, 1.54) is 23.8 Å². The maximum absolute atomic E-state index is 13.7. The fourth-order valence-electron chi connectivity index (χ4n) is 2.29. The summed E-state index contributed by atoms with van der Waals surface area (Å²) in [4.78, 5) is 4.40. The number of rotatable bonds is 6. The lowest BCUT2D eigenvalue weighted by Crippen LogP contribution is -2.31. The van der Waals surface area contributed by atoms with Crippen molar-refractivity contribution in [3.63, 3.8) is 0 Å². The maximum Gasteiger partial charge on any atom is 0.129 e. The highest BCUT2D eigenvalue weighted by molar-refractivity contribution is 5.22. The van der Waals surface area contributed by atoms with Crippen LogP contribution in [0.1, 0.15) is 23.7 Å². The highest BCUT2D eigenvalue weighted by atomic mass is 19.1. The fourth-order valence-corrected chi connectivity index (χ4v) is 2.29. The second-order valence-electron chi connectivity index (χ2n) is 5.11. The number of hydrogen-bond acceptors (Lipinski definition) is 2. The molecule has 2 aromatic rings. The largest absolute Gasteiger partial charge is 0.316 e. The van der Waals surface area contributed by atoms with Crippen molar-refractivity contribution in [3.05, 3.63) is 65.0 Å². The fraction of sp³-hybridized carbons (Fsp3) is 0.353. The Morgan fingerprint density at radius 1 is 1.10 bits per heavy atom. The van der Waals surface area contributed by atoms with Crippen LogP contribution in [0.4, 0.5) is 8.78 Å². The summed E-state index contributed by atoms with van der Waals surface area (Å²) in [6.45, 7) is 2.08. The first-order valence-corrected chi connectivity index (χ1v) is 7.18. The third-order valence-corrected chi connectivity index (χ3v) is 3.67. The number of aryl methyl sites for hydroxylation is 1. The second-order valence-corrected chi connectivity index (χ2v) is 5.11. The minimum atomic E-state index is -0.496. The molecule has 112 valence electrons. The zero-order valence-corrected chi connectivity index (χ0v) is 12.4. The van der Waals surface area contributed by atoms with Gasteiger partial charge in [-0.1, -0.05) is 19.1 Å². The zero-order chi connectivity index (χ0) is 15.2. The molecule has 1 unspecified atom stereocenters. The van der Waals surface area contributed by atoms with E-state index in [1.807, 2.05) is 18.3 Å². The molecule has 1 atom stereocenters. The number of halogens is 2. The van der Waals surface area contributed by atoms with E-state index in [0.29, 0.717) is 12.8 Å². The van der Waals surface area contributed by atoms with Crippen LogP contribution in [-0.2, 0) is 19.3 Å². The standard InChI is InChI=1S/C17H20F2N2/c1-3-12-7-8-13(21-11-12)9-14(20-2)10-15-16(18)5-4-6-17(15)19/h4-8,11,14,20H,3,9-10H2,1-2H3. The summed E-state index contributed by atoms with van der Waals surface area (Å²) in [5, 5.41) is 3.11. The number of likely N-dealkylation sites (N-methyl/N-ethyl adjacent to an activating group) is 1. The van der Waals surface area contributed by atoms with Gasteiger partial charge >= 0.3 is 0 Å². The van der Waals surface area contributed by atoms with Gasteiger partial charge in [0, 0.05) is 29.9 Å². The van der Waals surface area contributed by atoms with Crippen LogP contribution >= 0.6 is 0 Å². The van der Waals surface area contributed by atoms with Crippen molar-refractivity contribution in [1.82, 2.24) is 10.3 Å². The molecule has 1 N–H and O–H groups in total. The van der Waals surface area contributed by atoms with E-state index in [2.05, 4.69) is 17.2 Å². The molecular formula is C17H20F2N2. The molecule has 2 nitrogen and oxygen atoms in total. The van der Waals surface area contributed by atoms with Crippen molar-refractivity contribution in [1.29, 1.82) is 0 Å². The minimum absolute atomic E-state index is 0.0589. The number of nitrogens with zero attached hydrogens (tertiary/aromatic N) is 1. The van der Waals surface area contributed by atoms with Gasteiger partial charge in [0.25, 0.3) is 0 Å². The van der Waals surface area contributed by atoms with Crippen LogP contribution in [0.25, 0.3) is 0 Å². The summed E-state index contributed by atoms with van der Waals surface area (Å²) >= 11 is 0. The van der Waals surface area contributed by atoms with Gasteiger partial charge in [-0.25, -0.2) is 8.78 Å². The Hall–Kier alpha value is -1.81. The van der Waals surface area contributed by atoms with Crippen LogP contribution < -0.4 is 5.32 Å². The average molecular weight is 290 g/mol. The molecular weight excluding hydrogens is 270 g/mol. The van der Waals surface area contributed by atoms with E-state index in [1.54, 1.807) is 7.05 Å². The Balaban J connectivity index is 2.09. The van der Waals surface area contributed by atoms with Gasteiger partial charge in [-0.15, -0.1) is 0 Å². The molecule has 0 aliphatic carbocycles. The highest BCUT2D eigenvalue weighted by Gasteiger charge is 2.15. The highest BCUT2D eigenvalue weighted by Crippen LogP contribution is 2.15. The van der Waals surface area contributed by atoms with E-state index >= 15 is 0 Å². The van der Waals surface area contributed by atoms with Gasteiger partial charge in [0.1, 0.15) is 11.6 Å². The van der Waals surface area contributed by atoms with Gasteiger partial charge in [-0.3, -0.25) is 4.98 Å². The molecule has 1 heterocycles. The van der Waals surface area contributed by atoms with Crippen LogP contribution in [0.3, 0.4) is 0 Å². The van der Waals surface area contributed by atoms with Gasteiger partial charge in [0.2, 0.25) is 0 Å². The first-order valence-electron chi connectivity index (χ1n) is 7.18. The Bertz CT molecular complexity index is 562. The van der Waals surface area contributed by atoms with Crippen LogP contribution in [0, 0.1) is 11.6 Å². The topological polar surface area (TPSA) is 24.9 Å². The summed E-state index contributed by atoms with van der Waals surface area (Å²) in [5.74, 6) is -0.992. The molecule has 0 radical (unpaired) electrons. The van der Waals surface area contributed by atoms with Crippen molar-refractivity contribution < 1.29 is 8.78 Å².